The fourth-order valence-electron chi connectivity index (χ4n) is 2.71. The molecule has 230 valence electrons. The molecule has 0 bridgehead atoms. The number of unbranched alkanes of at least 4 members (excludes halogenated alkanes) is 9. The number of rotatable bonds is 26. The largest absolute Gasteiger partial charge is 1.00 e. The van der Waals surface area contributed by atoms with Crippen LogP contribution in [0.1, 0.15) is 72.6 Å². The second-order valence-corrected chi connectivity index (χ2v) is 8.76. The van der Waals surface area contributed by atoms with Crippen LogP contribution < -0.4 is 29.6 Å². The standard InChI is InChI=1S/C12H26O7.C12H26O.Na.H2O4S.H/c13-1-3-15-5-7-17-9-11-19-12-10-18-8-6-16-4-2-14;1-2-3-4-5-6-7-8-9-10-11-12-13;;1-5(2,3)4;/h13-14H,1-12H2;13H,2-12H2,1H3;;(H2,1,2,3,4);/q;;+1;;-1. The van der Waals surface area contributed by atoms with Crippen LogP contribution in [0.25, 0.3) is 0 Å². The summed E-state index contributed by atoms with van der Waals surface area (Å²) in [5, 5.41) is 25.5. The minimum Gasteiger partial charge on any atom is -1.00 e. The Morgan fingerprint density at radius 2 is 0.711 bits per heavy atom. The van der Waals surface area contributed by atoms with E-state index in [2.05, 4.69) is 6.92 Å². The third-order valence-electron chi connectivity index (χ3n) is 4.47. The van der Waals surface area contributed by atoms with Gasteiger partial charge in [0.25, 0.3) is 0 Å². The molecular weight excluding hydrogens is 535 g/mol. The Balaban J connectivity index is -0.000000168. The monoisotopic (exact) mass is 590 g/mol. The van der Waals surface area contributed by atoms with Crippen molar-refractivity contribution in [2.75, 3.05) is 85.9 Å². The first-order chi connectivity index (χ1) is 17.8. The Morgan fingerprint density at radius 1 is 0.474 bits per heavy atom. The molecule has 0 aromatic rings. The van der Waals surface area contributed by atoms with Gasteiger partial charge in [-0.05, 0) is 6.42 Å². The molecule has 0 fully saturated rings. The first kappa shape index (κ1) is 45.5. The summed E-state index contributed by atoms with van der Waals surface area (Å²) in [6, 6.07) is 0. The van der Waals surface area contributed by atoms with Gasteiger partial charge in [0.15, 0.2) is 0 Å². The van der Waals surface area contributed by atoms with Crippen molar-refractivity contribution in [3.63, 3.8) is 0 Å². The summed E-state index contributed by atoms with van der Waals surface area (Å²) in [4.78, 5) is 0. The zero-order valence-electron chi connectivity index (χ0n) is 24.8. The predicted octanol–water partition coefficient (Wildman–Crippen LogP) is -0.583. The molecule has 0 rings (SSSR count). The molecule has 0 radical (unpaired) electrons. The van der Waals surface area contributed by atoms with Gasteiger partial charge in [-0.25, -0.2) is 0 Å². The Labute approximate surface area is 254 Å². The van der Waals surface area contributed by atoms with Crippen LogP contribution in [0, 0.1) is 0 Å². The zero-order chi connectivity index (χ0) is 28.3. The maximum atomic E-state index is 8.74. The summed E-state index contributed by atoms with van der Waals surface area (Å²) >= 11 is 0. The Bertz CT molecular complexity index is 460. The van der Waals surface area contributed by atoms with Crippen LogP contribution in [0.3, 0.4) is 0 Å². The topological polar surface area (TPSA) is 181 Å². The molecule has 0 spiro atoms. The van der Waals surface area contributed by atoms with E-state index in [1.54, 1.807) is 0 Å². The van der Waals surface area contributed by atoms with Crippen molar-refractivity contribution in [3.8, 4) is 0 Å². The maximum absolute atomic E-state index is 8.74. The molecular formula is C24H55NaO12S. The van der Waals surface area contributed by atoms with Crippen molar-refractivity contribution in [1.82, 2.24) is 0 Å². The summed E-state index contributed by atoms with van der Waals surface area (Å²) < 4.78 is 57.4. The van der Waals surface area contributed by atoms with Gasteiger partial charge in [-0.1, -0.05) is 64.7 Å². The summed E-state index contributed by atoms with van der Waals surface area (Å²) in [5.74, 6) is 0. The Morgan fingerprint density at radius 3 is 0.947 bits per heavy atom. The van der Waals surface area contributed by atoms with Crippen molar-refractivity contribution < 1.29 is 87.5 Å². The Kier molecular flexibility index (Phi) is 50.4. The molecule has 0 aliphatic heterocycles. The summed E-state index contributed by atoms with van der Waals surface area (Å²) in [5.41, 5.74) is 0. The van der Waals surface area contributed by atoms with Crippen molar-refractivity contribution in [2.45, 2.75) is 71.1 Å². The molecule has 0 heterocycles. The van der Waals surface area contributed by atoms with E-state index >= 15 is 0 Å². The van der Waals surface area contributed by atoms with E-state index in [1.807, 2.05) is 0 Å². The molecule has 12 nitrogen and oxygen atoms in total. The van der Waals surface area contributed by atoms with Crippen LogP contribution in [-0.4, -0.2) is 119 Å². The van der Waals surface area contributed by atoms with Gasteiger partial charge >= 0.3 is 40.0 Å². The van der Waals surface area contributed by atoms with E-state index in [0.29, 0.717) is 72.7 Å². The van der Waals surface area contributed by atoms with Crippen LogP contribution in [0.15, 0.2) is 0 Å². The zero-order valence-corrected chi connectivity index (χ0v) is 26.6. The molecule has 5 N–H and O–H groups in total. The number of aliphatic hydroxyl groups is 3. The van der Waals surface area contributed by atoms with Crippen LogP contribution in [-0.2, 0) is 34.1 Å². The molecule has 0 aromatic heterocycles. The summed E-state index contributed by atoms with van der Waals surface area (Å²) in [6.45, 7) is 7.43. The molecule has 0 saturated heterocycles. The smallest absolute Gasteiger partial charge is 1.00 e. The minimum absolute atomic E-state index is 0. The van der Waals surface area contributed by atoms with Crippen LogP contribution in [0.5, 0.6) is 0 Å². The van der Waals surface area contributed by atoms with E-state index in [-0.39, 0.29) is 44.2 Å². The van der Waals surface area contributed by atoms with E-state index < -0.39 is 10.4 Å². The van der Waals surface area contributed by atoms with E-state index in [0.717, 1.165) is 6.42 Å². The van der Waals surface area contributed by atoms with Gasteiger partial charge in [0, 0.05) is 6.61 Å². The third-order valence-corrected chi connectivity index (χ3v) is 4.47. The van der Waals surface area contributed by atoms with Gasteiger partial charge < -0.3 is 40.4 Å². The molecule has 0 aromatic carbocycles. The molecule has 0 unspecified atom stereocenters. The van der Waals surface area contributed by atoms with Gasteiger partial charge in [0.1, 0.15) is 0 Å². The number of hydrogen-bond acceptors (Lipinski definition) is 10. The third kappa shape index (κ3) is 65.5. The first-order valence-electron chi connectivity index (χ1n) is 13.2. The first-order valence-corrected chi connectivity index (χ1v) is 14.6. The average molecular weight is 591 g/mol. The number of ether oxygens (including phenoxy) is 5. The van der Waals surface area contributed by atoms with Gasteiger partial charge in [0.2, 0.25) is 0 Å². The van der Waals surface area contributed by atoms with E-state index in [4.69, 9.17) is 56.5 Å². The SMILES string of the molecule is CCCCCCCCCCCCO.O=S(=O)(O)O.OCCOCCOCCOCCOCCOCCO.[H-].[Na+]. The summed E-state index contributed by atoms with van der Waals surface area (Å²) in [7, 11) is -4.67. The predicted molar refractivity (Wildman–Crippen MR) is 142 cm³/mol. The molecule has 0 amide bonds. The van der Waals surface area contributed by atoms with Gasteiger partial charge in [-0.15, -0.1) is 0 Å². The van der Waals surface area contributed by atoms with Gasteiger partial charge in [-0.2, -0.15) is 8.42 Å². The van der Waals surface area contributed by atoms with E-state index in [9.17, 15) is 0 Å². The molecule has 0 aliphatic rings. The second-order valence-electron chi connectivity index (χ2n) is 7.86. The van der Waals surface area contributed by atoms with Crippen LogP contribution >= 0.6 is 0 Å². The van der Waals surface area contributed by atoms with Crippen LogP contribution in [0.4, 0.5) is 0 Å². The Hall–Kier alpha value is 0.550. The molecule has 0 aliphatic carbocycles. The number of hydrogen-bond donors (Lipinski definition) is 5. The molecule has 0 saturated carbocycles. The van der Waals surface area contributed by atoms with Gasteiger partial charge in [0.05, 0.1) is 79.3 Å². The van der Waals surface area contributed by atoms with Crippen molar-refractivity contribution >= 4 is 10.4 Å². The molecule has 0 atom stereocenters. The molecule has 14 heteroatoms. The second kappa shape index (κ2) is 42.0. The van der Waals surface area contributed by atoms with Gasteiger partial charge in [-0.3, -0.25) is 9.11 Å². The average Bonchev–Trinajstić information content (AvgIpc) is 2.85. The van der Waals surface area contributed by atoms with Crippen molar-refractivity contribution in [1.29, 1.82) is 0 Å². The van der Waals surface area contributed by atoms with Crippen molar-refractivity contribution in [2.24, 2.45) is 0 Å². The minimum atomic E-state index is -4.67. The normalized spacial score (nSPS) is 10.7. The fourth-order valence-corrected chi connectivity index (χ4v) is 2.71. The quantitative estimate of drug-likeness (QED) is 0.0492. The molecule has 38 heavy (non-hydrogen) atoms. The van der Waals surface area contributed by atoms with Crippen molar-refractivity contribution in [3.05, 3.63) is 0 Å². The number of aliphatic hydroxyl groups excluding tert-OH is 3. The van der Waals surface area contributed by atoms with Crippen LogP contribution in [0.2, 0.25) is 0 Å². The fraction of sp³-hybridized carbons (Fsp3) is 1.00. The summed E-state index contributed by atoms with van der Waals surface area (Å²) in [6.07, 6.45) is 13.3. The maximum Gasteiger partial charge on any atom is 1.00 e. The van der Waals surface area contributed by atoms with E-state index in [1.165, 1.54) is 57.8 Å².